The van der Waals surface area contributed by atoms with Crippen LogP contribution in [0.25, 0.3) is 22.0 Å². The Hall–Kier alpha value is -3.32. The number of carbonyl (C=O) groups excluding carboxylic acids is 1. The molecule has 2 aromatic carbocycles. The van der Waals surface area contributed by atoms with Gasteiger partial charge in [-0.15, -0.1) is 11.3 Å². The summed E-state index contributed by atoms with van der Waals surface area (Å²) in [5, 5.41) is 5.68. The summed E-state index contributed by atoms with van der Waals surface area (Å²) in [7, 11) is 0. The summed E-state index contributed by atoms with van der Waals surface area (Å²) in [6.45, 7) is 1.71. The molecule has 0 unspecified atom stereocenters. The van der Waals surface area contributed by atoms with E-state index in [9.17, 15) is 9.18 Å². The molecule has 0 aliphatic rings. The summed E-state index contributed by atoms with van der Waals surface area (Å²) in [6, 6.07) is 13.7. The van der Waals surface area contributed by atoms with Crippen molar-refractivity contribution in [1.82, 2.24) is 9.97 Å². The third-order valence-corrected chi connectivity index (χ3v) is 5.00. The van der Waals surface area contributed by atoms with Crippen molar-refractivity contribution >= 4 is 22.9 Å². The van der Waals surface area contributed by atoms with Crippen LogP contribution in [-0.4, -0.2) is 15.9 Å². The molecule has 0 fully saturated rings. The molecule has 0 bridgehead atoms. The largest absolute Gasteiger partial charge is 0.441 e. The monoisotopic (exact) mass is 393 g/mol. The van der Waals surface area contributed by atoms with Gasteiger partial charge in [0, 0.05) is 22.8 Å². The van der Waals surface area contributed by atoms with Crippen molar-refractivity contribution in [2.24, 2.45) is 0 Å². The van der Waals surface area contributed by atoms with Crippen LogP contribution in [0.5, 0.6) is 0 Å². The van der Waals surface area contributed by atoms with Crippen LogP contribution in [0.15, 0.2) is 64.5 Å². The molecule has 4 aromatic rings. The Labute approximate surface area is 164 Å². The van der Waals surface area contributed by atoms with Crippen LogP contribution in [0.3, 0.4) is 0 Å². The first-order valence-corrected chi connectivity index (χ1v) is 9.49. The van der Waals surface area contributed by atoms with Gasteiger partial charge in [-0.3, -0.25) is 4.79 Å². The smallest absolute Gasteiger partial charge is 0.230 e. The maximum Gasteiger partial charge on any atom is 0.230 e. The highest BCUT2D eigenvalue weighted by atomic mass is 32.1. The zero-order chi connectivity index (χ0) is 19.5. The van der Waals surface area contributed by atoms with Crippen LogP contribution < -0.4 is 5.32 Å². The average Bonchev–Trinajstić information content (AvgIpc) is 3.33. The highest BCUT2D eigenvalue weighted by Crippen LogP contribution is 2.25. The van der Waals surface area contributed by atoms with Crippen molar-refractivity contribution in [2.45, 2.75) is 13.3 Å². The van der Waals surface area contributed by atoms with Gasteiger partial charge in [0.1, 0.15) is 16.6 Å². The number of aryl methyl sites for hydroxylation is 1. The lowest BCUT2D eigenvalue weighted by atomic mass is 10.2. The van der Waals surface area contributed by atoms with Gasteiger partial charge in [-0.25, -0.2) is 14.4 Å². The van der Waals surface area contributed by atoms with Crippen LogP contribution in [0.1, 0.15) is 11.5 Å². The molecule has 0 radical (unpaired) electrons. The third-order valence-electron chi connectivity index (χ3n) is 4.17. The van der Waals surface area contributed by atoms with Gasteiger partial charge in [0.25, 0.3) is 0 Å². The van der Waals surface area contributed by atoms with E-state index in [1.165, 1.54) is 6.07 Å². The molecule has 0 aliphatic heterocycles. The maximum absolute atomic E-state index is 13.9. The van der Waals surface area contributed by atoms with E-state index in [-0.39, 0.29) is 23.8 Å². The number of anilines is 1. The van der Waals surface area contributed by atoms with E-state index in [1.807, 2.05) is 29.6 Å². The molecular formula is C21H16FN3O2S. The second-order valence-corrected chi connectivity index (χ2v) is 7.04. The first kappa shape index (κ1) is 18.1. The number of nitrogens with one attached hydrogen (secondary N) is 1. The molecule has 1 N–H and O–H groups in total. The van der Waals surface area contributed by atoms with E-state index >= 15 is 0 Å². The van der Waals surface area contributed by atoms with Gasteiger partial charge in [-0.2, -0.15) is 0 Å². The van der Waals surface area contributed by atoms with Crippen LogP contribution in [-0.2, 0) is 11.2 Å². The van der Waals surface area contributed by atoms with E-state index in [0.29, 0.717) is 17.1 Å². The van der Waals surface area contributed by atoms with Gasteiger partial charge >= 0.3 is 0 Å². The van der Waals surface area contributed by atoms with Gasteiger partial charge in [0.15, 0.2) is 0 Å². The lowest BCUT2D eigenvalue weighted by Gasteiger charge is -2.05. The first-order chi connectivity index (χ1) is 13.6. The Morgan fingerprint density at radius 1 is 1.18 bits per heavy atom. The number of halogens is 1. The lowest BCUT2D eigenvalue weighted by Crippen LogP contribution is -2.15. The second-order valence-electron chi connectivity index (χ2n) is 6.14. The normalized spacial score (nSPS) is 10.8. The fourth-order valence-electron chi connectivity index (χ4n) is 2.76. The van der Waals surface area contributed by atoms with E-state index in [1.54, 1.807) is 42.7 Å². The molecule has 0 aliphatic carbocycles. The summed E-state index contributed by atoms with van der Waals surface area (Å²) in [6.07, 6.45) is 1.80. The van der Waals surface area contributed by atoms with Crippen LogP contribution in [0, 0.1) is 12.7 Å². The van der Waals surface area contributed by atoms with Crippen LogP contribution in [0.4, 0.5) is 10.1 Å². The number of nitrogens with zero attached hydrogens (tertiary/aromatic N) is 2. The molecule has 2 aromatic heterocycles. The topological polar surface area (TPSA) is 68.0 Å². The van der Waals surface area contributed by atoms with Crippen molar-refractivity contribution < 1.29 is 13.6 Å². The van der Waals surface area contributed by atoms with Crippen molar-refractivity contribution in [3.8, 4) is 22.0 Å². The zero-order valence-electron chi connectivity index (χ0n) is 15.0. The van der Waals surface area contributed by atoms with E-state index in [2.05, 4.69) is 15.3 Å². The summed E-state index contributed by atoms with van der Waals surface area (Å²) in [4.78, 5) is 20.9. The van der Waals surface area contributed by atoms with Gasteiger partial charge < -0.3 is 9.73 Å². The molecule has 0 saturated heterocycles. The summed E-state index contributed by atoms with van der Waals surface area (Å²) in [5.74, 6) is 0.0253. The number of amides is 1. The standard InChI is InChI=1S/C21H16FN3O2S/c1-13-18(25-20(27-13)16-4-2-3-5-17(16)22)12-19(26)24-15-8-6-14(7-9-15)21-23-10-11-28-21/h2-11H,12H2,1H3,(H,24,26). The first-order valence-electron chi connectivity index (χ1n) is 8.61. The molecule has 7 heteroatoms. The summed E-state index contributed by atoms with van der Waals surface area (Å²) in [5.41, 5.74) is 2.43. The molecule has 2 heterocycles. The van der Waals surface area contributed by atoms with Gasteiger partial charge in [-0.05, 0) is 43.3 Å². The number of rotatable bonds is 5. The van der Waals surface area contributed by atoms with Crippen molar-refractivity contribution in [2.75, 3.05) is 5.32 Å². The molecule has 5 nitrogen and oxygen atoms in total. The Kier molecular flexibility index (Phi) is 4.99. The minimum absolute atomic E-state index is 0.0397. The molecule has 140 valence electrons. The Balaban J connectivity index is 1.45. The predicted octanol–water partition coefficient (Wildman–Crippen LogP) is 5.09. The van der Waals surface area contributed by atoms with Gasteiger partial charge in [-0.1, -0.05) is 12.1 Å². The van der Waals surface area contributed by atoms with Crippen LogP contribution in [0.2, 0.25) is 0 Å². The fourth-order valence-corrected chi connectivity index (χ4v) is 3.41. The predicted molar refractivity (Wildman–Crippen MR) is 107 cm³/mol. The number of carbonyl (C=O) groups is 1. The molecule has 1 amide bonds. The molecule has 4 rings (SSSR count). The Morgan fingerprint density at radius 3 is 2.68 bits per heavy atom. The summed E-state index contributed by atoms with van der Waals surface area (Å²) < 4.78 is 19.5. The second kappa shape index (κ2) is 7.74. The molecule has 0 atom stereocenters. The number of aromatic nitrogens is 2. The number of oxazole rings is 1. The van der Waals surface area contributed by atoms with Gasteiger partial charge in [0.2, 0.25) is 11.8 Å². The molecular weight excluding hydrogens is 377 g/mol. The highest BCUT2D eigenvalue weighted by molar-refractivity contribution is 7.13. The average molecular weight is 393 g/mol. The molecule has 28 heavy (non-hydrogen) atoms. The van der Waals surface area contributed by atoms with Gasteiger partial charge in [0.05, 0.1) is 17.7 Å². The lowest BCUT2D eigenvalue weighted by molar-refractivity contribution is -0.115. The van der Waals surface area contributed by atoms with Crippen molar-refractivity contribution in [3.63, 3.8) is 0 Å². The minimum atomic E-state index is -0.417. The Bertz CT molecular complexity index is 1110. The molecule has 0 saturated carbocycles. The van der Waals surface area contributed by atoms with Crippen LogP contribution >= 0.6 is 11.3 Å². The number of hydrogen-bond donors (Lipinski definition) is 1. The number of thiazole rings is 1. The SMILES string of the molecule is Cc1oc(-c2ccccc2F)nc1CC(=O)Nc1ccc(-c2nccs2)cc1. The van der Waals surface area contributed by atoms with E-state index in [0.717, 1.165) is 10.6 Å². The zero-order valence-corrected chi connectivity index (χ0v) is 15.8. The minimum Gasteiger partial charge on any atom is -0.441 e. The van der Waals surface area contributed by atoms with Crippen molar-refractivity contribution in [1.29, 1.82) is 0 Å². The highest BCUT2D eigenvalue weighted by Gasteiger charge is 2.17. The summed E-state index contributed by atoms with van der Waals surface area (Å²) >= 11 is 1.56. The maximum atomic E-state index is 13.9. The van der Waals surface area contributed by atoms with Crippen molar-refractivity contribution in [3.05, 3.63) is 77.4 Å². The fraction of sp³-hybridized carbons (Fsp3) is 0.0952. The molecule has 0 spiro atoms. The van der Waals surface area contributed by atoms with E-state index in [4.69, 9.17) is 4.42 Å². The quantitative estimate of drug-likeness (QED) is 0.513. The number of hydrogen-bond acceptors (Lipinski definition) is 5. The third kappa shape index (κ3) is 3.84. The van der Waals surface area contributed by atoms with E-state index < -0.39 is 5.82 Å². The Morgan fingerprint density at radius 2 is 1.96 bits per heavy atom. The number of benzene rings is 2.